The van der Waals surface area contributed by atoms with Crippen molar-refractivity contribution in [3.63, 3.8) is 0 Å². The van der Waals surface area contributed by atoms with Crippen molar-refractivity contribution in [2.24, 2.45) is 0 Å². The van der Waals surface area contributed by atoms with Crippen LogP contribution in [0, 0.1) is 19.7 Å². The molecular weight excluding hydrogens is 345 g/mol. The number of anilines is 1. The third-order valence-corrected chi connectivity index (χ3v) is 4.92. The molecule has 0 spiro atoms. The van der Waals surface area contributed by atoms with Crippen molar-refractivity contribution in [3.05, 3.63) is 47.5 Å². The molecule has 2 aromatic heterocycles. The van der Waals surface area contributed by atoms with Crippen LogP contribution in [-0.4, -0.2) is 39.6 Å². The van der Waals surface area contributed by atoms with E-state index in [0.717, 1.165) is 53.5 Å². The van der Waals surface area contributed by atoms with E-state index in [0.29, 0.717) is 0 Å². The zero-order chi connectivity index (χ0) is 19.1. The first-order chi connectivity index (χ1) is 12.9. The minimum absolute atomic E-state index is 0.00634. The summed E-state index contributed by atoms with van der Waals surface area (Å²) in [5, 5.41) is 7.65. The smallest absolute Gasteiger partial charge is 0.217 e. The number of imidazole rings is 1. The molecule has 1 aliphatic rings. The Bertz CT molecular complexity index is 1010. The number of halogens is 1. The van der Waals surface area contributed by atoms with Crippen LogP contribution >= 0.6 is 0 Å². The second kappa shape index (κ2) is 6.64. The first-order valence-electron chi connectivity index (χ1n) is 9.07. The molecule has 4 rings (SSSR count). The highest BCUT2D eigenvalue weighted by atomic mass is 19.1. The lowest BCUT2D eigenvalue weighted by Crippen LogP contribution is -2.35. The Morgan fingerprint density at radius 3 is 2.70 bits per heavy atom. The Kier molecular flexibility index (Phi) is 4.30. The highest BCUT2D eigenvalue weighted by Gasteiger charge is 2.26. The fourth-order valence-corrected chi connectivity index (χ4v) is 3.79. The molecule has 140 valence electrons. The number of hydrogen-bond donors (Lipinski definition) is 1. The summed E-state index contributed by atoms with van der Waals surface area (Å²) in [5.74, 6) is -0.274. The summed E-state index contributed by atoms with van der Waals surface area (Å²) in [5.41, 5.74) is 5.25. The van der Waals surface area contributed by atoms with Gasteiger partial charge in [-0.15, -0.1) is 0 Å². The van der Waals surface area contributed by atoms with Crippen molar-refractivity contribution in [2.75, 3.05) is 18.0 Å². The number of benzene rings is 1. The molecule has 1 atom stereocenters. The van der Waals surface area contributed by atoms with Gasteiger partial charge in [0.2, 0.25) is 5.91 Å². The average Bonchev–Trinajstić information content (AvgIpc) is 3.18. The lowest BCUT2D eigenvalue weighted by molar-refractivity contribution is -0.119. The van der Waals surface area contributed by atoms with Crippen molar-refractivity contribution in [1.82, 2.24) is 19.9 Å². The molecule has 1 aliphatic heterocycles. The van der Waals surface area contributed by atoms with Gasteiger partial charge in [-0.1, -0.05) is 0 Å². The average molecular weight is 367 g/mol. The van der Waals surface area contributed by atoms with E-state index < -0.39 is 0 Å². The van der Waals surface area contributed by atoms with Crippen LogP contribution in [0.15, 0.2) is 30.3 Å². The standard InChI is InChI=1S/C20H22FN5O/c1-12-10-18(25-9-8-17(11-25)23-14(3)27)20-22-13(2)19(26(20)24-12)15-4-6-16(21)7-5-15/h4-7,10,17H,8-9,11H2,1-3H3,(H,23,27). The van der Waals surface area contributed by atoms with E-state index in [9.17, 15) is 9.18 Å². The van der Waals surface area contributed by atoms with Crippen molar-refractivity contribution in [3.8, 4) is 11.3 Å². The zero-order valence-corrected chi connectivity index (χ0v) is 15.7. The lowest BCUT2D eigenvalue weighted by atomic mass is 10.1. The molecule has 27 heavy (non-hydrogen) atoms. The van der Waals surface area contributed by atoms with Crippen LogP contribution in [0.3, 0.4) is 0 Å². The van der Waals surface area contributed by atoms with E-state index in [2.05, 4.69) is 15.3 Å². The predicted molar refractivity (Wildman–Crippen MR) is 102 cm³/mol. The Morgan fingerprint density at radius 1 is 1.26 bits per heavy atom. The van der Waals surface area contributed by atoms with E-state index in [1.165, 1.54) is 12.1 Å². The zero-order valence-electron chi connectivity index (χ0n) is 15.7. The van der Waals surface area contributed by atoms with Gasteiger partial charge >= 0.3 is 0 Å². The molecule has 7 heteroatoms. The quantitative estimate of drug-likeness (QED) is 0.773. The molecule has 0 aliphatic carbocycles. The molecule has 1 amide bonds. The normalized spacial score (nSPS) is 16.9. The van der Waals surface area contributed by atoms with E-state index in [-0.39, 0.29) is 17.8 Å². The Labute approximate surface area is 157 Å². The largest absolute Gasteiger partial charge is 0.366 e. The van der Waals surface area contributed by atoms with Gasteiger partial charge in [0.1, 0.15) is 5.82 Å². The van der Waals surface area contributed by atoms with Crippen molar-refractivity contribution in [2.45, 2.75) is 33.2 Å². The maximum Gasteiger partial charge on any atom is 0.217 e. The maximum absolute atomic E-state index is 13.3. The van der Waals surface area contributed by atoms with E-state index in [4.69, 9.17) is 4.98 Å². The first kappa shape index (κ1) is 17.5. The second-order valence-electron chi connectivity index (χ2n) is 7.09. The second-order valence-corrected chi connectivity index (χ2v) is 7.09. The minimum atomic E-state index is -0.267. The van der Waals surface area contributed by atoms with Crippen LogP contribution in [0.4, 0.5) is 10.1 Å². The number of fused-ring (bicyclic) bond motifs is 1. The highest BCUT2D eigenvalue weighted by molar-refractivity contribution is 5.76. The van der Waals surface area contributed by atoms with Gasteiger partial charge < -0.3 is 10.2 Å². The summed E-state index contributed by atoms with van der Waals surface area (Å²) in [7, 11) is 0. The third-order valence-electron chi connectivity index (χ3n) is 4.92. The van der Waals surface area contributed by atoms with Gasteiger partial charge in [0, 0.05) is 31.6 Å². The number of carbonyl (C=O) groups excluding carboxylic acids is 1. The molecule has 1 N–H and O–H groups in total. The number of amides is 1. The number of hydrogen-bond acceptors (Lipinski definition) is 4. The Hall–Kier alpha value is -2.96. The number of aryl methyl sites for hydroxylation is 2. The molecular formula is C20H22FN5O. The van der Waals surface area contributed by atoms with Gasteiger partial charge in [-0.05, 0) is 50.6 Å². The highest BCUT2D eigenvalue weighted by Crippen LogP contribution is 2.31. The van der Waals surface area contributed by atoms with Gasteiger partial charge in [-0.3, -0.25) is 4.79 Å². The molecule has 0 saturated carbocycles. The van der Waals surface area contributed by atoms with Gasteiger partial charge in [-0.25, -0.2) is 13.9 Å². The first-order valence-corrected chi connectivity index (χ1v) is 9.07. The molecule has 3 heterocycles. The summed E-state index contributed by atoms with van der Waals surface area (Å²) < 4.78 is 15.2. The molecule has 0 bridgehead atoms. The lowest BCUT2D eigenvalue weighted by Gasteiger charge is -2.20. The van der Waals surface area contributed by atoms with E-state index in [1.807, 2.05) is 24.4 Å². The number of rotatable bonds is 3. The van der Waals surface area contributed by atoms with Crippen LogP contribution in [0.5, 0.6) is 0 Å². The van der Waals surface area contributed by atoms with Crippen molar-refractivity contribution < 1.29 is 9.18 Å². The SMILES string of the molecule is CC(=O)NC1CCN(c2cc(C)nn3c(-c4ccc(F)cc4)c(C)nc23)C1. The van der Waals surface area contributed by atoms with Crippen molar-refractivity contribution in [1.29, 1.82) is 0 Å². The molecule has 6 nitrogen and oxygen atoms in total. The summed E-state index contributed by atoms with van der Waals surface area (Å²) in [4.78, 5) is 18.4. The van der Waals surface area contributed by atoms with Gasteiger partial charge in [0.15, 0.2) is 5.65 Å². The van der Waals surface area contributed by atoms with E-state index in [1.54, 1.807) is 19.1 Å². The molecule has 0 radical (unpaired) electrons. The number of carbonyl (C=O) groups is 1. The monoisotopic (exact) mass is 367 g/mol. The van der Waals surface area contributed by atoms with Crippen LogP contribution < -0.4 is 10.2 Å². The Morgan fingerprint density at radius 2 is 2.00 bits per heavy atom. The molecule has 1 saturated heterocycles. The number of nitrogens with one attached hydrogen (secondary N) is 1. The third kappa shape index (κ3) is 3.25. The fourth-order valence-electron chi connectivity index (χ4n) is 3.79. The summed E-state index contributed by atoms with van der Waals surface area (Å²) in [6.45, 7) is 7.04. The number of nitrogens with zero attached hydrogens (tertiary/aromatic N) is 4. The topological polar surface area (TPSA) is 62.5 Å². The molecule has 1 unspecified atom stereocenters. The Balaban J connectivity index is 1.78. The van der Waals surface area contributed by atoms with Gasteiger partial charge in [-0.2, -0.15) is 5.10 Å². The van der Waals surface area contributed by atoms with Crippen LogP contribution in [0.25, 0.3) is 16.9 Å². The summed E-state index contributed by atoms with van der Waals surface area (Å²) in [6.07, 6.45) is 0.900. The molecule has 3 aromatic rings. The van der Waals surface area contributed by atoms with Gasteiger partial charge in [0.05, 0.1) is 22.8 Å². The van der Waals surface area contributed by atoms with Crippen LogP contribution in [0.2, 0.25) is 0 Å². The number of aromatic nitrogens is 3. The van der Waals surface area contributed by atoms with Crippen LogP contribution in [0.1, 0.15) is 24.7 Å². The van der Waals surface area contributed by atoms with E-state index >= 15 is 0 Å². The minimum Gasteiger partial charge on any atom is -0.366 e. The van der Waals surface area contributed by atoms with Gasteiger partial charge in [0.25, 0.3) is 0 Å². The van der Waals surface area contributed by atoms with Crippen LogP contribution in [-0.2, 0) is 4.79 Å². The molecule has 1 aromatic carbocycles. The fraction of sp³-hybridized carbons (Fsp3) is 0.350. The summed E-state index contributed by atoms with van der Waals surface area (Å²) >= 11 is 0. The summed E-state index contributed by atoms with van der Waals surface area (Å²) in [6, 6.07) is 8.57. The molecule has 1 fully saturated rings. The maximum atomic E-state index is 13.3. The van der Waals surface area contributed by atoms with Crippen molar-refractivity contribution >= 4 is 17.2 Å². The predicted octanol–water partition coefficient (Wildman–Crippen LogP) is 2.87.